The van der Waals surface area contributed by atoms with E-state index < -0.39 is 0 Å². The molecular weight excluding hydrogens is 162 g/mol. The largest absolute Gasteiger partial charge is 0.469 e. The lowest BCUT2D eigenvalue weighted by Crippen LogP contribution is -2.20. The third-order valence-corrected chi connectivity index (χ3v) is 2.81. The maximum atomic E-state index is 6.15. The van der Waals surface area contributed by atoms with Gasteiger partial charge in [-0.3, -0.25) is 0 Å². The van der Waals surface area contributed by atoms with Gasteiger partial charge in [-0.15, -0.1) is 0 Å². The van der Waals surface area contributed by atoms with Crippen LogP contribution >= 0.6 is 0 Å². The lowest BCUT2D eigenvalue weighted by molar-refractivity contribution is 0.399. The van der Waals surface area contributed by atoms with Gasteiger partial charge in [0.2, 0.25) is 0 Å². The predicted octanol–water partition coefficient (Wildman–Crippen LogP) is 3.02. The lowest BCUT2D eigenvalue weighted by Gasteiger charge is -2.20. The standard InChI is InChI=1S/C11H19NO/c1-4-9(5-2)11(12)10-6-7-13-8(10)3/h6-7,9,11H,4-5,12H2,1-3H3. The number of aryl methyl sites for hydroxylation is 1. The van der Waals surface area contributed by atoms with E-state index in [1.807, 2.05) is 13.0 Å². The van der Waals surface area contributed by atoms with Crippen LogP contribution in [0.3, 0.4) is 0 Å². The molecule has 0 radical (unpaired) electrons. The van der Waals surface area contributed by atoms with Gasteiger partial charge in [0.1, 0.15) is 5.76 Å². The Morgan fingerprint density at radius 1 is 1.38 bits per heavy atom. The Balaban J connectivity index is 2.77. The van der Waals surface area contributed by atoms with Gasteiger partial charge in [-0.05, 0) is 18.9 Å². The first-order valence-corrected chi connectivity index (χ1v) is 5.00. The molecule has 1 rings (SSSR count). The molecule has 1 heterocycles. The van der Waals surface area contributed by atoms with E-state index >= 15 is 0 Å². The van der Waals surface area contributed by atoms with Gasteiger partial charge >= 0.3 is 0 Å². The molecule has 2 heteroatoms. The molecule has 0 bridgehead atoms. The van der Waals surface area contributed by atoms with Crippen molar-refractivity contribution in [3.63, 3.8) is 0 Å². The van der Waals surface area contributed by atoms with Crippen molar-refractivity contribution < 1.29 is 4.42 Å². The Bertz CT molecular complexity index is 250. The van der Waals surface area contributed by atoms with E-state index in [2.05, 4.69) is 13.8 Å². The molecule has 0 spiro atoms. The highest BCUT2D eigenvalue weighted by Gasteiger charge is 2.18. The first-order valence-electron chi connectivity index (χ1n) is 5.00. The quantitative estimate of drug-likeness (QED) is 0.775. The summed E-state index contributed by atoms with van der Waals surface area (Å²) < 4.78 is 5.24. The summed E-state index contributed by atoms with van der Waals surface area (Å²) >= 11 is 0. The Hall–Kier alpha value is -0.760. The maximum absolute atomic E-state index is 6.15. The van der Waals surface area contributed by atoms with Crippen molar-refractivity contribution in [2.24, 2.45) is 11.7 Å². The predicted molar refractivity (Wildman–Crippen MR) is 54.4 cm³/mol. The number of hydrogen-bond acceptors (Lipinski definition) is 2. The van der Waals surface area contributed by atoms with Crippen molar-refractivity contribution >= 4 is 0 Å². The summed E-state index contributed by atoms with van der Waals surface area (Å²) in [4.78, 5) is 0. The van der Waals surface area contributed by atoms with Crippen molar-refractivity contribution in [3.05, 3.63) is 23.7 Å². The van der Waals surface area contributed by atoms with Crippen LogP contribution in [0, 0.1) is 12.8 Å². The first-order chi connectivity index (χ1) is 6.20. The van der Waals surface area contributed by atoms with E-state index in [0.717, 1.165) is 24.2 Å². The van der Waals surface area contributed by atoms with Gasteiger partial charge in [-0.1, -0.05) is 26.7 Å². The highest BCUT2D eigenvalue weighted by atomic mass is 16.3. The van der Waals surface area contributed by atoms with Gasteiger partial charge in [0.15, 0.2) is 0 Å². The van der Waals surface area contributed by atoms with E-state index in [-0.39, 0.29) is 6.04 Å². The molecule has 13 heavy (non-hydrogen) atoms. The fourth-order valence-corrected chi connectivity index (χ4v) is 1.79. The van der Waals surface area contributed by atoms with Gasteiger partial charge < -0.3 is 10.2 Å². The molecule has 1 aromatic rings. The monoisotopic (exact) mass is 181 g/mol. The summed E-state index contributed by atoms with van der Waals surface area (Å²) in [5, 5.41) is 0. The van der Waals surface area contributed by atoms with Crippen molar-refractivity contribution in [1.29, 1.82) is 0 Å². The topological polar surface area (TPSA) is 39.2 Å². The van der Waals surface area contributed by atoms with Crippen LogP contribution in [0.1, 0.15) is 44.1 Å². The van der Waals surface area contributed by atoms with E-state index in [9.17, 15) is 0 Å². The van der Waals surface area contributed by atoms with Crippen molar-refractivity contribution in [1.82, 2.24) is 0 Å². The highest BCUT2D eigenvalue weighted by molar-refractivity contribution is 5.20. The van der Waals surface area contributed by atoms with Crippen LogP contribution in [0.25, 0.3) is 0 Å². The summed E-state index contributed by atoms with van der Waals surface area (Å²) in [6.45, 7) is 6.34. The second-order valence-corrected chi connectivity index (χ2v) is 3.53. The Morgan fingerprint density at radius 3 is 2.38 bits per heavy atom. The summed E-state index contributed by atoms with van der Waals surface area (Å²) in [7, 11) is 0. The number of nitrogens with two attached hydrogens (primary N) is 1. The maximum Gasteiger partial charge on any atom is 0.105 e. The van der Waals surface area contributed by atoms with Gasteiger partial charge in [-0.2, -0.15) is 0 Å². The molecule has 0 saturated carbocycles. The molecular formula is C11H19NO. The zero-order valence-corrected chi connectivity index (χ0v) is 8.71. The molecule has 0 fully saturated rings. The molecule has 0 saturated heterocycles. The molecule has 2 nitrogen and oxygen atoms in total. The van der Waals surface area contributed by atoms with Crippen molar-refractivity contribution in [2.45, 2.75) is 39.7 Å². The SMILES string of the molecule is CCC(CC)C(N)c1ccoc1C. The van der Waals surface area contributed by atoms with Crippen molar-refractivity contribution in [3.8, 4) is 0 Å². The van der Waals surface area contributed by atoms with E-state index in [1.165, 1.54) is 0 Å². The summed E-state index contributed by atoms with van der Waals surface area (Å²) in [5.74, 6) is 1.52. The summed E-state index contributed by atoms with van der Waals surface area (Å²) in [6.07, 6.45) is 3.97. The molecule has 1 atom stereocenters. The van der Waals surface area contributed by atoms with Gasteiger partial charge in [0, 0.05) is 11.6 Å². The van der Waals surface area contributed by atoms with Gasteiger partial charge in [-0.25, -0.2) is 0 Å². The van der Waals surface area contributed by atoms with Crippen LogP contribution in [0.4, 0.5) is 0 Å². The summed E-state index contributed by atoms with van der Waals surface area (Å²) in [5.41, 5.74) is 7.31. The normalized spacial score (nSPS) is 13.6. The summed E-state index contributed by atoms with van der Waals surface area (Å²) in [6, 6.07) is 2.12. The number of furan rings is 1. The van der Waals surface area contributed by atoms with Crippen LogP contribution < -0.4 is 5.73 Å². The fourth-order valence-electron chi connectivity index (χ4n) is 1.79. The molecule has 0 amide bonds. The Kier molecular flexibility index (Phi) is 3.55. The molecule has 0 aliphatic heterocycles. The zero-order valence-electron chi connectivity index (χ0n) is 8.71. The highest BCUT2D eigenvalue weighted by Crippen LogP contribution is 2.27. The average Bonchev–Trinajstić information content (AvgIpc) is 2.53. The minimum Gasteiger partial charge on any atom is -0.469 e. The zero-order chi connectivity index (χ0) is 9.84. The van der Waals surface area contributed by atoms with E-state index in [0.29, 0.717) is 5.92 Å². The third-order valence-electron chi connectivity index (χ3n) is 2.81. The van der Waals surface area contributed by atoms with Crippen LogP contribution in [-0.4, -0.2) is 0 Å². The molecule has 0 aromatic carbocycles. The number of rotatable bonds is 4. The van der Waals surface area contributed by atoms with Crippen LogP contribution in [0.15, 0.2) is 16.7 Å². The van der Waals surface area contributed by atoms with Crippen molar-refractivity contribution in [2.75, 3.05) is 0 Å². The van der Waals surface area contributed by atoms with Crippen LogP contribution in [0.2, 0.25) is 0 Å². The first kappa shape index (κ1) is 10.3. The van der Waals surface area contributed by atoms with Crippen LogP contribution in [-0.2, 0) is 0 Å². The molecule has 1 unspecified atom stereocenters. The minimum atomic E-state index is 0.133. The fraction of sp³-hybridized carbons (Fsp3) is 0.636. The van der Waals surface area contributed by atoms with Gasteiger partial charge in [0.25, 0.3) is 0 Å². The third kappa shape index (κ3) is 2.13. The van der Waals surface area contributed by atoms with Crippen LogP contribution in [0.5, 0.6) is 0 Å². The second-order valence-electron chi connectivity index (χ2n) is 3.53. The molecule has 0 aliphatic rings. The van der Waals surface area contributed by atoms with Gasteiger partial charge in [0.05, 0.1) is 6.26 Å². The number of hydrogen-bond donors (Lipinski definition) is 1. The average molecular weight is 181 g/mol. The Morgan fingerprint density at radius 2 is 2.00 bits per heavy atom. The van der Waals surface area contributed by atoms with E-state index in [4.69, 9.17) is 10.2 Å². The lowest BCUT2D eigenvalue weighted by atomic mass is 9.90. The second kappa shape index (κ2) is 4.47. The molecule has 74 valence electrons. The molecule has 0 aliphatic carbocycles. The van der Waals surface area contributed by atoms with E-state index in [1.54, 1.807) is 6.26 Å². The smallest absolute Gasteiger partial charge is 0.105 e. The Labute approximate surface area is 80.1 Å². The molecule has 2 N–H and O–H groups in total. The molecule has 1 aromatic heterocycles. The minimum absolute atomic E-state index is 0.133.